The van der Waals surface area contributed by atoms with E-state index in [1.165, 1.54) is 31.2 Å². The van der Waals surface area contributed by atoms with Crippen LogP contribution < -0.4 is 11.1 Å². The van der Waals surface area contributed by atoms with Crippen LogP contribution in [-0.2, 0) is 6.54 Å². The fraction of sp³-hybridized carbons (Fsp3) is 0.562. The zero-order valence-electron chi connectivity index (χ0n) is 11.8. The van der Waals surface area contributed by atoms with Crippen LogP contribution in [0.25, 0.3) is 0 Å². The molecule has 1 heterocycles. The summed E-state index contributed by atoms with van der Waals surface area (Å²) < 4.78 is 0. The number of benzene rings is 1. The molecule has 1 aromatic carbocycles. The Morgan fingerprint density at radius 2 is 2.20 bits per heavy atom. The van der Waals surface area contributed by atoms with Crippen molar-refractivity contribution in [2.45, 2.75) is 44.3 Å². The maximum atomic E-state index is 11.3. The van der Waals surface area contributed by atoms with Crippen molar-refractivity contribution in [2.75, 3.05) is 13.1 Å². The second-order valence-electron chi connectivity index (χ2n) is 6.02. The molecule has 1 saturated carbocycles. The molecular formula is C16H23N3O. The lowest BCUT2D eigenvalue weighted by Gasteiger charge is -2.25. The van der Waals surface area contributed by atoms with Gasteiger partial charge in [-0.2, -0.15) is 0 Å². The number of hydrogen-bond acceptors (Lipinski definition) is 3. The van der Waals surface area contributed by atoms with Gasteiger partial charge < -0.3 is 11.1 Å². The molecule has 0 bridgehead atoms. The molecule has 0 spiro atoms. The molecule has 1 amide bonds. The molecule has 20 heavy (non-hydrogen) atoms. The van der Waals surface area contributed by atoms with E-state index >= 15 is 0 Å². The van der Waals surface area contributed by atoms with Crippen molar-refractivity contribution in [2.24, 2.45) is 5.73 Å². The first-order valence-electron chi connectivity index (χ1n) is 7.58. The highest BCUT2D eigenvalue weighted by Gasteiger charge is 2.31. The molecule has 1 aliphatic carbocycles. The summed E-state index contributed by atoms with van der Waals surface area (Å²) in [4.78, 5) is 13.8. The van der Waals surface area contributed by atoms with Crippen LogP contribution in [0.3, 0.4) is 0 Å². The minimum Gasteiger partial charge on any atom is -0.366 e. The van der Waals surface area contributed by atoms with Gasteiger partial charge in [0.05, 0.1) is 0 Å². The van der Waals surface area contributed by atoms with Crippen LogP contribution in [0.2, 0.25) is 0 Å². The number of nitrogens with two attached hydrogens (primary N) is 1. The molecule has 108 valence electrons. The number of rotatable bonds is 6. The Kier molecular flexibility index (Phi) is 4.03. The Bertz CT molecular complexity index is 478. The molecule has 1 atom stereocenters. The van der Waals surface area contributed by atoms with Gasteiger partial charge in [-0.05, 0) is 49.9 Å². The molecule has 3 N–H and O–H groups in total. The lowest BCUT2D eigenvalue weighted by atomic mass is 10.1. The molecule has 1 saturated heterocycles. The zero-order valence-corrected chi connectivity index (χ0v) is 11.8. The summed E-state index contributed by atoms with van der Waals surface area (Å²) in [6, 6.07) is 9.09. The van der Waals surface area contributed by atoms with Gasteiger partial charge in [-0.1, -0.05) is 12.1 Å². The third-order valence-electron chi connectivity index (χ3n) is 4.28. The van der Waals surface area contributed by atoms with Gasteiger partial charge in [0.25, 0.3) is 0 Å². The Balaban J connectivity index is 1.66. The molecule has 4 heteroatoms. The fourth-order valence-electron chi connectivity index (χ4n) is 3.04. The van der Waals surface area contributed by atoms with E-state index < -0.39 is 0 Å². The van der Waals surface area contributed by atoms with E-state index in [4.69, 9.17) is 5.73 Å². The third-order valence-corrected chi connectivity index (χ3v) is 4.28. The van der Waals surface area contributed by atoms with Gasteiger partial charge in [-0.25, -0.2) is 0 Å². The number of nitrogens with one attached hydrogen (secondary N) is 1. The first-order chi connectivity index (χ1) is 9.72. The van der Waals surface area contributed by atoms with Crippen molar-refractivity contribution in [1.82, 2.24) is 10.2 Å². The van der Waals surface area contributed by atoms with Crippen molar-refractivity contribution in [3.8, 4) is 0 Å². The first kappa shape index (κ1) is 13.6. The highest BCUT2D eigenvalue weighted by molar-refractivity contribution is 5.92. The predicted octanol–water partition coefficient (Wildman–Crippen LogP) is 1.50. The molecule has 1 aromatic rings. The van der Waals surface area contributed by atoms with Crippen molar-refractivity contribution in [3.05, 3.63) is 35.4 Å². The minimum absolute atomic E-state index is 0.345. The Hall–Kier alpha value is -1.39. The van der Waals surface area contributed by atoms with Crippen LogP contribution in [0, 0.1) is 0 Å². The van der Waals surface area contributed by atoms with Gasteiger partial charge in [-0.15, -0.1) is 0 Å². The monoisotopic (exact) mass is 273 g/mol. The van der Waals surface area contributed by atoms with Crippen molar-refractivity contribution in [1.29, 1.82) is 0 Å². The maximum absolute atomic E-state index is 11.3. The lowest BCUT2D eigenvalue weighted by Crippen LogP contribution is -2.38. The fourth-order valence-corrected chi connectivity index (χ4v) is 3.04. The summed E-state index contributed by atoms with van der Waals surface area (Å²) in [7, 11) is 0. The van der Waals surface area contributed by atoms with E-state index in [1.54, 1.807) is 6.07 Å². The van der Waals surface area contributed by atoms with Crippen LogP contribution in [-0.4, -0.2) is 36.0 Å². The van der Waals surface area contributed by atoms with Crippen LogP contribution in [0.1, 0.15) is 41.6 Å². The van der Waals surface area contributed by atoms with Gasteiger partial charge in [0, 0.05) is 30.7 Å². The highest BCUT2D eigenvalue weighted by atomic mass is 16.1. The average molecular weight is 273 g/mol. The maximum Gasteiger partial charge on any atom is 0.248 e. The van der Waals surface area contributed by atoms with E-state index in [2.05, 4.69) is 16.3 Å². The number of nitrogens with zero attached hydrogens (tertiary/aromatic N) is 1. The number of carbonyl (C=O) groups excluding carboxylic acids is 1. The molecule has 4 nitrogen and oxygen atoms in total. The second kappa shape index (κ2) is 5.94. The van der Waals surface area contributed by atoms with Gasteiger partial charge in [0.2, 0.25) is 5.91 Å². The van der Waals surface area contributed by atoms with Gasteiger partial charge in [0.1, 0.15) is 0 Å². The number of amides is 1. The molecule has 0 aromatic heterocycles. The van der Waals surface area contributed by atoms with E-state index in [1.807, 2.05) is 12.1 Å². The van der Waals surface area contributed by atoms with Crippen LogP contribution in [0.15, 0.2) is 24.3 Å². The van der Waals surface area contributed by atoms with Gasteiger partial charge in [-0.3, -0.25) is 9.69 Å². The summed E-state index contributed by atoms with van der Waals surface area (Å²) in [5.41, 5.74) is 7.15. The quantitative estimate of drug-likeness (QED) is 0.826. The van der Waals surface area contributed by atoms with Gasteiger partial charge >= 0.3 is 0 Å². The SMILES string of the molecule is NC(=O)c1cccc(CN(C[C@@H]2CCCN2)C2CC2)c1. The summed E-state index contributed by atoms with van der Waals surface area (Å²) in [6.07, 6.45) is 5.19. The number of hydrogen-bond donors (Lipinski definition) is 2. The van der Waals surface area contributed by atoms with Crippen LogP contribution in [0.5, 0.6) is 0 Å². The predicted molar refractivity (Wildman–Crippen MR) is 79.4 cm³/mol. The topological polar surface area (TPSA) is 58.4 Å². The van der Waals surface area contributed by atoms with Crippen molar-refractivity contribution >= 4 is 5.91 Å². The Morgan fingerprint density at radius 1 is 1.35 bits per heavy atom. The molecule has 1 aliphatic heterocycles. The van der Waals surface area contributed by atoms with Gasteiger partial charge in [0.15, 0.2) is 0 Å². The lowest BCUT2D eigenvalue weighted by molar-refractivity contribution is 0.1000. The summed E-state index contributed by atoms with van der Waals surface area (Å²) in [5, 5.41) is 3.57. The first-order valence-corrected chi connectivity index (χ1v) is 7.58. The largest absolute Gasteiger partial charge is 0.366 e. The number of primary amides is 1. The molecule has 0 radical (unpaired) electrons. The third kappa shape index (κ3) is 3.38. The van der Waals surface area contributed by atoms with E-state index in [0.717, 1.165) is 25.7 Å². The average Bonchev–Trinajstić information content (AvgIpc) is 3.17. The second-order valence-corrected chi connectivity index (χ2v) is 6.02. The Morgan fingerprint density at radius 3 is 2.85 bits per heavy atom. The number of carbonyl (C=O) groups is 1. The molecular weight excluding hydrogens is 250 g/mol. The highest BCUT2D eigenvalue weighted by Crippen LogP contribution is 2.29. The Labute approximate surface area is 120 Å². The summed E-state index contributed by atoms with van der Waals surface area (Å²) in [5.74, 6) is -0.345. The van der Waals surface area contributed by atoms with Crippen LogP contribution >= 0.6 is 0 Å². The smallest absolute Gasteiger partial charge is 0.248 e. The summed E-state index contributed by atoms with van der Waals surface area (Å²) in [6.45, 7) is 3.19. The van der Waals surface area contributed by atoms with Crippen molar-refractivity contribution in [3.63, 3.8) is 0 Å². The molecule has 0 unspecified atom stereocenters. The minimum atomic E-state index is -0.345. The van der Waals surface area contributed by atoms with E-state index in [0.29, 0.717) is 11.6 Å². The van der Waals surface area contributed by atoms with Crippen LogP contribution in [0.4, 0.5) is 0 Å². The zero-order chi connectivity index (χ0) is 13.9. The molecule has 2 aliphatic rings. The van der Waals surface area contributed by atoms with Crippen molar-refractivity contribution < 1.29 is 4.79 Å². The van der Waals surface area contributed by atoms with E-state index in [9.17, 15) is 4.79 Å². The summed E-state index contributed by atoms with van der Waals surface area (Å²) >= 11 is 0. The van der Waals surface area contributed by atoms with E-state index in [-0.39, 0.29) is 5.91 Å². The normalized spacial score (nSPS) is 22.4. The standard InChI is InChI=1S/C16H23N3O/c17-16(20)13-4-1-3-12(9-13)10-19(15-6-7-15)11-14-5-2-8-18-14/h1,3-4,9,14-15,18H,2,5-8,10-11H2,(H2,17,20)/t14-/m0/s1. The molecule has 3 rings (SSSR count). The molecule has 2 fully saturated rings.